The lowest BCUT2D eigenvalue weighted by Crippen LogP contribution is -2.20. The minimum Gasteiger partial charge on any atom is -0.482 e. The van der Waals surface area contributed by atoms with Crippen LogP contribution in [0.5, 0.6) is 5.75 Å². The summed E-state index contributed by atoms with van der Waals surface area (Å²) in [5, 5.41) is 3.79. The van der Waals surface area contributed by atoms with Gasteiger partial charge in [-0.1, -0.05) is 46.9 Å². The van der Waals surface area contributed by atoms with Gasteiger partial charge in [-0.3, -0.25) is 4.79 Å². The summed E-state index contributed by atoms with van der Waals surface area (Å²) < 4.78 is 5.40. The molecule has 2 aromatic carbocycles. The molecule has 0 saturated carbocycles. The van der Waals surface area contributed by atoms with Crippen LogP contribution in [0, 0.1) is 6.92 Å². The normalized spacial score (nSPS) is 10.3. The zero-order valence-electron chi connectivity index (χ0n) is 11.1. The van der Waals surface area contributed by atoms with E-state index in [0.29, 0.717) is 26.5 Å². The molecule has 0 heterocycles. The lowest BCUT2D eigenvalue weighted by atomic mass is 10.2. The highest BCUT2D eigenvalue weighted by Crippen LogP contribution is 2.30. The predicted octanol–water partition coefficient (Wildman–Crippen LogP) is 4.97. The first-order valence-corrected chi connectivity index (χ1v) is 7.23. The largest absolute Gasteiger partial charge is 0.482 e. The maximum absolute atomic E-state index is 11.9. The van der Waals surface area contributed by atoms with E-state index < -0.39 is 0 Å². The Bertz CT molecular complexity index is 654. The maximum Gasteiger partial charge on any atom is 0.262 e. The van der Waals surface area contributed by atoms with E-state index in [4.69, 9.17) is 39.5 Å². The van der Waals surface area contributed by atoms with Crippen molar-refractivity contribution in [1.29, 1.82) is 0 Å². The number of para-hydroxylation sites is 1. The van der Waals surface area contributed by atoms with Gasteiger partial charge in [0.25, 0.3) is 5.91 Å². The molecule has 110 valence electrons. The van der Waals surface area contributed by atoms with Gasteiger partial charge in [0.2, 0.25) is 0 Å². The van der Waals surface area contributed by atoms with Crippen LogP contribution in [-0.4, -0.2) is 12.5 Å². The molecule has 0 bridgehead atoms. The Morgan fingerprint density at radius 3 is 2.43 bits per heavy atom. The van der Waals surface area contributed by atoms with Gasteiger partial charge in [0.1, 0.15) is 5.75 Å². The Kier molecular flexibility index (Phi) is 5.34. The van der Waals surface area contributed by atoms with Gasteiger partial charge in [0.05, 0.1) is 20.8 Å². The van der Waals surface area contributed by atoms with Gasteiger partial charge in [-0.2, -0.15) is 0 Å². The molecule has 2 rings (SSSR count). The molecule has 2 aromatic rings. The van der Waals surface area contributed by atoms with E-state index in [2.05, 4.69) is 5.32 Å². The minimum absolute atomic E-state index is 0.190. The summed E-state index contributed by atoms with van der Waals surface area (Å²) in [4.78, 5) is 11.9. The van der Waals surface area contributed by atoms with Gasteiger partial charge in [-0.05, 0) is 36.8 Å². The van der Waals surface area contributed by atoms with E-state index in [1.807, 2.05) is 13.0 Å². The fourth-order valence-corrected chi connectivity index (χ4v) is 2.32. The number of ether oxygens (including phenoxy) is 1. The molecule has 6 heteroatoms. The van der Waals surface area contributed by atoms with Gasteiger partial charge in [-0.15, -0.1) is 0 Å². The number of benzene rings is 2. The van der Waals surface area contributed by atoms with Crippen molar-refractivity contribution in [2.24, 2.45) is 0 Å². The van der Waals surface area contributed by atoms with Crippen molar-refractivity contribution in [2.45, 2.75) is 6.92 Å². The highest BCUT2D eigenvalue weighted by Gasteiger charge is 2.11. The van der Waals surface area contributed by atoms with Gasteiger partial charge >= 0.3 is 0 Å². The number of anilines is 1. The molecular formula is C15H12Cl3NO2. The van der Waals surface area contributed by atoms with Crippen LogP contribution in [0.25, 0.3) is 0 Å². The van der Waals surface area contributed by atoms with Gasteiger partial charge in [-0.25, -0.2) is 0 Å². The number of nitrogens with one attached hydrogen (secondary N) is 1. The molecule has 0 radical (unpaired) electrons. The zero-order valence-corrected chi connectivity index (χ0v) is 13.4. The number of amides is 1. The highest BCUT2D eigenvalue weighted by molar-refractivity contribution is 6.39. The first-order chi connectivity index (χ1) is 9.97. The van der Waals surface area contributed by atoms with E-state index in [1.54, 1.807) is 30.3 Å². The predicted molar refractivity (Wildman–Crippen MR) is 86.8 cm³/mol. The summed E-state index contributed by atoms with van der Waals surface area (Å²) in [7, 11) is 0. The number of carbonyl (C=O) groups is 1. The van der Waals surface area contributed by atoms with Crippen molar-refractivity contribution < 1.29 is 9.53 Å². The lowest BCUT2D eigenvalue weighted by Gasteiger charge is -2.11. The summed E-state index contributed by atoms with van der Waals surface area (Å²) in [6, 6.07) is 10.3. The first kappa shape index (κ1) is 16.0. The molecule has 0 atom stereocenters. The van der Waals surface area contributed by atoms with Crippen LogP contribution in [0.2, 0.25) is 15.1 Å². The molecule has 1 N–H and O–H groups in total. The first-order valence-electron chi connectivity index (χ1n) is 6.10. The van der Waals surface area contributed by atoms with E-state index >= 15 is 0 Å². The van der Waals surface area contributed by atoms with E-state index in [-0.39, 0.29) is 12.5 Å². The van der Waals surface area contributed by atoms with Crippen LogP contribution in [0.1, 0.15) is 5.56 Å². The second kappa shape index (κ2) is 7.03. The summed E-state index contributed by atoms with van der Waals surface area (Å²) in [6.45, 7) is 1.72. The fourth-order valence-electron chi connectivity index (χ4n) is 1.66. The number of hydrogen-bond donors (Lipinski definition) is 1. The highest BCUT2D eigenvalue weighted by atomic mass is 35.5. The number of hydrogen-bond acceptors (Lipinski definition) is 2. The Morgan fingerprint density at radius 2 is 1.76 bits per heavy atom. The van der Waals surface area contributed by atoms with Crippen LogP contribution >= 0.6 is 34.8 Å². The van der Waals surface area contributed by atoms with Gasteiger partial charge in [0, 0.05) is 0 Å². The fraction of sp³-hybridized carbons (Fsp3) is 0.133. The molecule has 0 spiro atoms. The molecule has 0 fully saturated rings. The molecule has 3 nitrogen and oxygen atoms in total. The number of carbonyl (C=O) groups excluding carboxylic acids is 1. The topological polar surface area (TPSA) is 38.3 Å². The average molecular weight is 345 g/mol. The van der Waals surface area contributed by atoms with Crippen molar-refractivity contribution in [2.75, 3.05) is 11.9 Å². The maximum atomic E-state index is 11.9. The van der Waals surface area contributed by atoms with Crippen LogP contribution in [0.4, 0.5) is 5.69 Å². The van der Waals surface area contributed by atoms with Crippen LogP contribution < -0.4 is 10.1 Å². The van der Waals surface area contributed by atoms with Crippen LogP contribution in [0.15, 0.2) is 36.4 Å². The summed E-state index contributed by atoms with van der Waals surface area (Å²) in [5.74, 6) is 0.0830. The van der Waals surface area contributed by atoms with Crippen molar-refractivity contribution in [3.63, 3.8) is 0 Å². The van der Waals surface area contributed by atoms with Crippen molar-refractivity contribution >= 4 is 46.4 Å². The van der Waals surface area contributed by atoms with Gasteiger partial charge in [0.15, 0.2) is 6.61 Å². The molecule has 0 saturated heterocycles. The van der Waals surface area contributed by atoms with E-state index in [1.165, 1.54) is 0 Å². The smallest absolute Gasteiger partial charge is 0.262 e. The summed E-state index contributed by atoms with van der Waals surface area (Å²) in [5.41, 5.74) is 1.36. The SMILES string of the molecule is Cc1ccc(Cl)c(OCC(=O)Nc2c(Cl)cccc2Cl)c1. The standard InChI is InChI=1S/C15H12Cl3NO2/c1-9-5-6-10(16)13(7-9)21-8-14(20)19-15-11(17)3-2-4-12(15)18/h2-7H,8H2,1H3,(H,19,20). The Labute approximate surface area is 137 Å². The van der Waals surface area contributed by atoms with Crippen LogP contribution in [-0.2, 0) is 4.79 Å². The van der Waals surface area contributed by atoms with Crippen molar-refractivity contribution in [3.05, 3.63) is 57.0 Å². The number of aryl methyl sites for hydroxylation is 1. The number of rotatable bonds is 4. The third-order valence-electron chi connectivity index (χ3n) is 2.67. The Morgan fingerprint density at radius 1 is 1.10 bits per heavy atom. The lowest BCUT2D eigenvalue weighted by molar-refractivity contribution is -0.118. The molecule has 0 aliphatic rings. The quantitative estimate of drug-likeness (QED) is 0.850. The van der Waals surface area contributed by atoms with Crippen LogP contribution in [0.3, 0.4) is 0 Å². The van der Waals surface area contributed by atoms with Gasteiger partial charge < -0.3 is 10.1 Å². The number of halogens is 3. The summed E-state index contributed by atoms with van der Waals surface area (Å²) in [6.07, 6.45) is 0. The zero-order chi connectivity index (χ0) is 15.4. The molecule has 1 amide bonds. The average Bonchev–Trinajstić information content (AvgIpc) is 2.44. The third kappa shape index (κ3) is 4.27. The Hall–Kier alpha value is -1.42. The van der Waals surface area contributed by atoms with Crippen molar-refractivity contribution in [3.8, 4) is 5.75 Å². The molecule has 0 aliphatic carbocycles. The second-order valence-corrected chi connectivity index (χ2v) is 5.59. The van der Waals surface area contributed by atoms with E-state index in [0.717, 1.165) is 5.56 Å². The second-order valence-electron chi connectivity index (χ2n) is 4.37. The molecular weight excluding hydrogens is 333 g/mol. The van der Waals surface area contributed by atoms with E-state index in [9.17, 15) is 4.79 Å². The Balaban J connectivity index is 2.01. The molecule has 0 aliphatic heterocycles. The monoisotopic (exact) mass is 343 g/mol. The van der Waals surface area contributed by atoms with Crippen molar-refractivity contribution in [1.82, 2.24) is 0 Å². The summed E-state index contributed by atoms with van der Waals surface area (Å²) >= 11 is 17.9. The molecule has 0 unspecified atom stereocenters. The molecule has 0 aromatic heterocycles. The molecule has 21 heavy (non-hydrogen) atoms. The minimum atomic E-state index is -0.373. The third-order valence-corrected chi connectivity index (χ3v) is 3.61.